The molecule has 4 rings (SSSR count). The summed E-state index contributed by atoms with van der Waals surface area (Å²) in [6.07, 6.45) is 4.30. The number of rotatable bonds is 8. The first-order valence-electron chi connectivity index (χ1n) is 10.6. The zero-order chi connectivity index (χ0) is 20.8. The molecule has 0 spiro atoms. The van der Waals surface area contributed by atoms with E-state index in [-0.39, 0.29) is 5.56 Å². The fourth-order valence-electron chi connectivity index (χ4n) is 3.81. The van der Waals surface area contributed by atoms with Gasteiger partial charge in [-0.25, -0.2) is 0 Å². The molecule has 0 saturated carbocycles. The van der Waals surface area contributed by atoms with E-state index in [2.05, 4.69) is 11.8 Å². The van der Waals surface area contributed by atoms with E-state index in [9.17, 15) is 4.79 Å². The minimum Gasteiger partial charge on any atom is -0.492 e. The van der Waals surface area contributed by atoms with Gasteiger partial charge in [-0.15, -0.1) is 0 Å². The second-order valence-electron chi connectivity index (χ2n) is 7.71. The molecule has 1 aromatic heterocycles. The Labute approximate surface area is 177 Å². The Morgan fingerprint density at radius 1 is 0.967 bits per heavy atom. The third-order valence-electron chi connectivity index (χ3n) is 5.59. The highest BCUT2D eigenvalue weighted by atomic mass is 16.5. The number of nitrogens with zero attached hydrogens (tertiary/aromatic N) is 2. The van der Waals surface area contributed by atoms with E-state index in [1.165, 1.54) is 18.9 Å². The van der Waals surface area contributed by atoms with E-state index in [1.54, 1.807) is 10.8 Å². The lowest BCUT2D eigenvalue weighted by molar-refractivity contribution is 0.204. The molecule has 30 heavy (non-hydrogen) atoms. The highest BCUT2D eigenvalue weighted by Gasteiger charge is 2.19. The van der Waals surface area contributed by atoms with Gasteiger partial charge >= 0.3 is 0 Å². The summed E-state index contributed by atoms with van der Waals surface area (Å²) in [7, 11) is 0. The summed E-state index contributed by atoms with van der Waals surface area (Å²) in [5, 5.41) is 0. The molecule has 5 nitrogen and oxygen atoms in total. The second-order valence-corrected chi connectivity index (χ2v) is 7.71. The van der Waals surface area contributed by atoms with Crippen molar-refractivity contribution < 1.29 is 9.47 Å². The van der Waals surface area contributed by atoms with Crippen LogP contribution in [0.4, 0.5) is 0 Å². The van der Waals surface area contributed by atoms with Gasteiger partial charge in [0.25, 0.3) is 5.56 Å². The Hall–Kier alpha value is -3.05. The predicted molar refractivity (Wildman–Crippen MR) is 119 cm³/mol. The molecular formula is C25H28N2O3. The molecule has 1 fully saturated rings. The Kier molecular flexibility index (Phi) is 6.50. The van der Waals surface area contributed by atoms with Crippen LogP contribution in [0.15, 0.2) is 77.7 Å². The van der Waals surface area contributed by atoms with E-state index in [0.29, 0.717) is 25.0 Å². The monoisotopic (exact) mass is 404 g/mol. The molecule has 2 heterocycles. The average Bonchev–Trinajstić information content (AvgIpc) is 3.18. The molecule has 5 heteroatoms. The molecule has 1 atom stereocenters. The third-order valence-corrected chi connectivity index (χ3v) is 5.59. The highest BCUT2D eigenvalue weighted by Crippen LogP contribution is 2.18. The van der Waals surface area contributed by atoms with Crippen LogP contribution in [0.3, 0.4) is 0 Å². The first-order valence-corrected chi connectivity index (χ1v) is 10.6. The van der Waals surface area contributed by atoms with Crippen molar-refractivity contribution in [1.29, 1.82) is 0 Å². The Morgan fingerprint density at radius 3 is 2.47 bits per heavy atom. The molecular weight excluding hydrogens is 376 g/mol. The molecule has 0 unspecified atom stereocenters. The number of hydrogen-bond acceptors (Lipinski definition) is 4. The standard InChI is InChI=1S/C25H28N2O3/c1-20-6-5-14-26(20)16-17-29-23-11-9-22(10-12-23)27-15-13-24(18-25(27)28)30-19-21-7-3-2-4-8-21/h2-4,7-13,15,18,20H,5-6,14,16-17,19H2,1H3/t20-/m0/s1. The fraction of sp³-hybridized carbons (Fsp3) is 0.320. The molecule has 0 N–H and O–H groups in total. The zero-order valence-corrected chi connectivity index (χ0v) is 17.4. The van der Waals surface area contributed by atoms with Gasteiger partial charge in [0.2, 0.25) is 0 Å². The van der Waals surface area contributed by atoms with Crippen LogP contribution < -0.4 is 15.0 Å². The summed E-state index contributed by atoms with van der Waals surface area (Å²) in [6.45, 7) is 5.51. The van der Waals surface area contributed by atoms with Crippen molar-refractivity contribution in [2.75, 3.05) is 19.7 Å². The largest absolute Gasteiger partial charge is 0.492 e. The van der Waals surface area contributed by atoms with Crippen LogP contribution in [-0.4, -0.2) is 35.2 Å². The van der Waals surface area contributed by atoms with Crippen LogP contribution in [0.5, 0.6) is 11.5 Å². The molecule has 3 aromatic rings. The summed E-state index contributed by atoms with van der Waals surface area (Å²) in [6, 6.07) is 21.5. The third kappa shape index (κ3) is 5.10. The summed E-state index contributed by atoms with van der Waals surface area (Å²) < 4.78 is 13.2. The molecule has 1 aliphatic rings. The maximum atomic E-state index is 12.5. The smallest absolute Gasteiger partial charge is 0.258 e. The SMILES string of the molecule is C[C@H]1CCCN1CCOc1ccc(-n2ccc(OCc3ccccc3)cc2=O)cc1. The van der Waals surface area contributed by atoms with Crippen molar-refractivity contribution in [2.45, 2.75) is 32.4 Å². The van der Waals surface area contributed by atoms with Gasteiger partial charge in [0.15, 0.2) is 0 Å². The van der Waals surface area contributed by atoms with E-state index < -0.39 is 0 Å². The summed E-state index contributed by atoms with van der Waals surface area (Å²) >= 11 is 0. The van der Waals surface area contributed by atoms with Gasteiger partial charge in [0.05, 0.1) is 0 Å². The van der Waals surface area contributed by atoms with Crippen molar-refractivity contribution >= 4 is 0 Å². The van der Waals surface area contributed by atoms with Crippen molar-refractivity contribution in [3.05, 3.63) is 88.8 Å². The zero-order valence-electron chi connectivity index (χ0n) is 17.4. The van der Waals surface area contributed by atoms with Crippen LogP contribution in [0.25, 0.3) is 5.69 Å². The normalized spacial score (nSPS) is 16.5. The number of hydrogen-bond donors (Lipinski definition) is 0. The average molecular weight is 405 g/mol. The molecule has 0 aliphatic carbocycles. The maximum absolute atomic E-state index is 12.5. The lowest BCUT2D eigenvalue weighted by atomic mass is 10.2. The van der Waals surface area contributed by atoms with E-state index in [1.807, 2.05) is 60.7 Å². The van der Waals surface area contributed by atoms with Gasteiger partial charge in [-0.2, -0.15) is 0 Å². The topological polar surface area (TPSA) is 43.7 Å². The molecule has 0 bridgehead atoms. The van der Waals surface area contributed by atoms with Gasteiger partial charge in [-0.3, -0.25) is 14.3 Å². The molecule has 156 valence electrons. The van der Waals surface area contributed by atoms with E-state index >= 15 is 0 Å². The quantitative estimate of drug-likeness (QED) is 0.562. The van der Waals surface area contributed by atoms with Gasteiger partial charge in [-0.05, 0) is 62.2 Å². The van der Waals surface area contributed by atoms with Gasteiger partial charge in [0.1, 0.15) is 24.7 Å². The molecule has 0 amide bonds. The van der Waals surface area contributed by atoms with Crippen LogP contribution in [0, 0.1) is 0 Å². The van der Waals surface area contributed by atoms with E-state index in [4.69, 9.17) is 9.47 Å². The number of aromatic nitrogens is 1. The summed E-state index contributed by atoms with van der Waals surface area (Å²) in [4.78, 5) is 15.0. The van der Waals surface area contributed by atoms with Crippen molar-refractivity contribution in [3.63, 3.8) is 0 Å². The van der Waals surface area contributed by atoms with Crippen LogP contribution in [0.2, 0.25) is 0 Å². The Balaban J connectivity index is 1.33. The Morgan fingerprint density at radius 2 is 1.77 bits per heavy atom. The predicted octanol–water partition coefficient (Wildman–Crippen LogP) is 4.28. The number of ether oxygens (including phenoxy) is 2. The number of likely N-dealkylation sites (tertiary alicyclic amines) is 1. The van der Waals surface area contributed by atoms with Crippen molar-refractivity contribution in [2.24, 2.45) is 0 Å². The Bertz CT molecular complexity index is 999. The molecule has 0 radical (unpaired) electrons. The number of benzene rings is 2. The summed E-state index contributed by atoms with van der Waals surface area (Å²) in [5.74, 6) is 1.39. The lowest BCUT2D eigenvalue weighted by Crippen LogP contribution is -2.31. The minimum atomic E-state index is -0.128. The number of pyridine rings is 1. The maximum Gasteiger partial charge on any atom is 0.258 e. The molecule has 1 aliphatic heterocycles. The van der Waals surface area contributed by atoms with Crippen molar-refractivity contribution in [1.82, 2.24) is 9.47 Å². The molecule has 1 saturated heterocycles. The molecule has 2 aromatic carbocycles. The van der Waals surface area contributed by atoms with Crippen molar-refractivity contribution in [3.8, 4) is 17.2 Å². The second kappa shape index (κ2) is 9.63. The van der Waals surface area contributed by atoms with Crippen LogP contribution >= 0.6 is 0 Å². The van der Waals surface area contributed by atoms with Gasteiger partial charge < -0.3 is 9.47 Å². The van der Waals surface area contributed by atoms with Gasteiger partial charge in [0, 0.05) is 30.5 Å². The summed E-state index contributed by atoms with van der Waals surface area (Å²) in [5.41, 5.74) is 1.74. The van der Waals surface area contributed by atoms with E-state index in [0.717, 1.165) is 30.1 Å². The van der Waals surface area contributed by atoms with Gasteiger partial charge in [-0.1, -0.05) is 30.3 Å². The minimum absolute atomic E-state index is 0.128. The lowest BCUT2D eigenvalue weighted by Gasteiger charge is -2.20. The highest BCUT2D eigenvalue weighted by molar-refractivity contribution is 5.38. The fourth-order valence-corrected chi connectivity index (χ4v) is 3.81. The van der Waals surface area contributed by atoms with Crippen LogP contribution in [-0.2, 0) is 6.61 Å². The first kappa shape index (κ1) is 20.2. The first-order chi connectivity index (χ1) is 14.7. The van der Waals surface area contributed by atoms with Crippen LogP contribution in [0.1, 0.15) is 25.3 Å².